The third-order valence-electron chi connectivity index (χ3n) is 4.63. The SMILES string of the molecule is CCPC(CCOC)Oc1cc(-n2c(O)c3c(c2O)CCC=C3)c(F)cc1Cl. The maximum Gasteiger partial charge on any atom is 0.206 e. The van der Waals surface area contributed by atoms with E-state index in [4.69, 9.17) is 21.1 Å². The van der Waals surface area contributed by atoms with Gasteiger partial charge in [0.05, 0.1) is 17.3 Å². The van der Waals surface area contributed by atoms with Crippen LogP contribution in [0.5, 0.6) is 17.5 Å². The first-order valence-electron chi connectivity index (χ1n) is 9.18. The lowest BCUT2D eigenvalue weighted by molar-refractivity contribution is 0.161. The molecule has 152 valence electrons. The van der Waals surface area contributed by atoms with Crippen LogP contribution in [-0.4, -0.2) is 40.5 Å². The van der Waals surface area contributed by atoms with Crippen LogP contribution in [0.25, 0.3) is 11.8 Å². The highest BCUT2D eigenvalue weighted by atomic mass is 35.5. The van der Waals surface area contributed by atoms with Crippen molar-refractivity contribution in [2.45, 2.75) is 32.0 Å². The minimum absolute atomic E-state index is 0.0116. The van der Waals surface area contributed by atoms with Crippen LogP contribution in [0, 0.1) is 5.82 Å². The predicted octanol–water partition coefficient (Wildman–Crippen LogP) is 5.08. The van der Waals surface area contributed by atoms with E-state index < -0.39 is 5.82 Å². The zero-order chi connectivity index (χ0) is 20.3. The zero-order valence-corrected chi connectivity index (χ0v) is 17.6. The Labute approximate surface area is 170 Å². The van der Waals surface area contributed by atoms with Crippen LogP contribution in [0.15, 0.2) is 18.2 Å². The van der Waals surface area contributed by atoms with E-state index in [9.17, 15) is 14.6 Å². The molecule has 1 aliphatic rings. The number of nitrogens with zero attached hydrogens (tertiary/aromatic N) is 1. The Morgan fingerprint density at radius 1 is 1.32 bits per heavy atom. The summed E-state index contributed by atoms with van der Waals surface area (Å²) in [7, 11) is 2.16. The van der Waals surface area contributed by atoms with Gasteiger partial charge in [-0.15, -0.1) is 0 Å². The van der Waals surface area contributed by atoms with Gasteiger partial charge in [0, 0.05) is 30.7 Å². The first-order chi connectivity index (χ1) is 13.5. The van der Waals surface area contributed by atoms with Gasteiger partial charge in [0.1, 0.15) is 17.4 Å². The number of hydrogen-bond acceptors (Lipinski definition) is 4. The Hall–Kier alpha value is -1.75. The average Bonchev–Trinajstić information content (AvgIpc) is 2.93. The number of ether oxygens (including phenoxy) is 2. The molecule has 2 atom stereocenters. The van der Waals surface area contributed by atoms with E-state index in [1.54, 1.807) is 13.2 Å². The molecule has 0 aliphatic heterocycles. The summed E-state index contributed by atoms with van der Waals surface area (Å²) >= 11 is 6.21. The maximum absolute atomic E-state index is 14.7. The quantitative estimate of drug-likeness (QED) is 0.577. The van der Waals surface area contributed by atoms with E-state index >= 15 is 0 Å². The standard InChI is InChI=1S/C20H24ClFNO4P/c1-3-28-18(8-9-26-2)27-17-11-16(15(22)10-14(17)21)23-19(24)12-6-4-5-7-13(12)20(23)25/h4,6,10-11,18,24-25,28H,3,5,7-9H2,1-2H3. The Morgan fingerprint density at radius 3 is 2.79 bits per heavy atom. The van der Waals surface area contributed by atoms with Gasteiger partial charge < -0.3 is 19.7 Å². The third kappa shape index (κ3) is 4.14. The molecule has 1 aromatic heterocycles. The molecule has 28 heavy (non-hydrogen) atoms. The lowest BCUT2D eigenvalue weighted by Gasteiger charge is -2.20. The molecular weight excluding hydrogens is 404 g/mol. The number of rotatable bonds is 8. The fourth-order valence-corrected chi connectivity index (χ4v) is 4.46. The van der Waals surface area contributed by atoms with Gasteiger partial charge in [-0.25, -0.2) is 8.96 Å². The zero-order valence-electron chi connectivity index (χ0n) is 15.8. The molecule has 2 N–H and O–H groups in total. The van der Waals surface area contributed by atoms with Crippen molar-refractivity contribution in [2.24, 2.45) is 0 Å². The van der Waals surface area contributed by atoms with Crippen LogP contribution >= 0.6 is 20.2 Å². The number of benzene rings is 1. The van der Waals surface area contributed by atoms with E-state index in [0.29, 0.717) is 44.9 Å². The van der Waals surface area contributed by atoms with Crippen LogP contribution in [0.1, 0.15) is 30.9 Å². The fraction of sp³-hybridized carbons (Fsp3) is 0.400. The number of allylic oxidation sites excluding steroid dienone is 1. The van der Waals surface area contributed by atoms with Gasteiger partial charge in [-0.3, -0.25) is 0 Å². The lowest BCUT2D eigenvalue weighted by atomic mass is 10.0. The minimum atomic E-state index is -0.661. The van der Waals surface area contributed by atoms with Crippen molar-refractivity contribution in [1.29, 1.82) is 0 Å². The van der Waals surface area contributed by atoms with Crippen molar-refractivity contribution in [3.05, 3.63) is 40.2 Å². The summed E-state index contributed by atoms with van der Waals surface area (Å²) in [6.45, 7) is 2.61. The topological polar surface area (TPSA) is 63.9 Å². The molecule has 8 heteroatoms. The van der Waals surface area contributed by atoms with Gasteiger partial charge >= 0.3 is 0 Å². The van der Waals surface area contributed by atoms with Gasteiger partial charge in [0.15, 0.2) is 0 Å². The second kappa shape index (κ2) is 9.17. The van der Waals surface area contributed by atoms with Crippen molar-refractivity contribution in [3.8, 4) is 23.2 Å². The molecular formula is C20H24ClFNO4P. The molecule has 0 fully saturated rings. The number of halogens is 2. The monoisotopic (exact) mass is 427 g/mol. The second-order valence-corrected chi connectivity index (χ2v) is 8.66. The summed E-state index contributed by atoms with van der Waals surface area (Å²) in [4.78, 5) is 0. The van der Waals surface area contributed by atoms with E-state index in [1.165, 1.54) is 6.07 Å². The van der Waals surface area contributed by atoms with Crippen LogP contribution < -0.4 is 4.74 Å². The summed E-state index contributed by atoms with van der Waals surface area (Å²) in [5, 5.41) is 21.3. The Balaban J connectivity index is 2.01. The lowest BCUT2D eigenvalue weighted by Crippen LogP contribution is -2.14. The predicted molar refractivity (Wildman–Crippen MR) is 111 cm³/mol. The number of aromatic nitrogens is 1. The van der Waals surface area contributed by atoms with Crippen LogP contribution in [0.3, 0.4) is 0 Å². The number of methoxy groups -OCH3 is 1. The molecule has 0 saturated carbocycles. The van der Waals surface area contributed by atoms with E-state index in [-0.39, 0.29) is 28.3 Å². The number of aromatic hydroxyl groups is 2. The molecule has 1 heterocycles. The highest BCUT2D eigenvalue weighted by Gasteiger charge is 2.26. The van der Waals surface area contributed by atoms with E-state index in [0.717, 1.165) is 23.2 Å². The van der Waals surface area contributed by atoms with Crippen LogP contribution in [-0.2, 0) is 11.2 Å². The first kappa shape index (κ1) is 21.0. The van der Waals surface area contributed by atoms with Crippen molar-refractivity contribution >= 4 is 26.3 Å². The smallest absolute Gasteiger partial charge is 0.206 e. The number of fused-ring (bicyclic) bond motifs is 1. The minimum Gasteiger partial charge on any atom is -0.494 e. The number of hydrogen-bond donors (Lipinski definition) is 2. The first-order valence-corrected chi connectivity index (χ1v) is 10.8. The fourth-order valence-electron chi connectivity index (χ4n) is 3.28. The average molecular weight is 428 g/mol. The van der Waals surface area contributed by atoms with Gasteiger partial charge in [-0.2, -0.15) is 0 Å². The molecule has 3 rings (SSSR count). The Kier molecular flexibility index (Phi) is 6.86. The van der Waals surface area contributed by atoms with Crippen molar-refractivity contribution < 1.29 is 24.1 Å². The normalized spacial score (nSPS) is 14.6. The Bertz CT molecular complexity index is 884. The summed E-state index contributed by atoms with van der Waals surface area (Å²) in [5.41, 5.74) is 1.09. The highest BCUT2D eigenvalue weighted by Crippen LogP contribution is 2.42. The van der Waals surface area contributed by atoms with Crippen molar-refractivity contribution in [2.75, 3.05) is 19.9 Å². The maximum atomic E-state index is 14.7. The molecule has 1 aromatic carbocycles. The van der Waals surface area contributed by atoms with Crippen LogP contribution in [0.4, 0.5) is 4.39 Å². The largest absolute Gasteiger partial charge is 0.494 e. The van der Waals surface area contributed by atoms with Gasteiger partial charge in [0.25, 0.3) is 0 Å². The van der Waals surface area contributed by atoms with Gasteiger partial charge in [-0.1, -0.05) is 39.3 Å². The summed E-state index contributed by atoms with van der Waals surface area (Å²) in [5.74, 6) is -0.840. The van der Waals surface area contributed by atoms with Gasteiger partial charge in [0.2, 0.25) is 11.8 Å². The second-order valence-electron chi connectivity index (χ2n) is 6.50. The molecule has 0 spiro atoms. The van der Waals surface area contributed by atoms with Crippen LogP contribution in [0.2, 0.25) is 5.02 Å². The molecule has 2 aromatic rings. The highest BCUT2D eigenvalue weighted by molar-refractivity contribution is 7.38. The van der Waals surface area contributed by atoms with Crippen molar-refractivity contribution in [3.63, 3.8) is 0 Å². The Morgan fingerprint density at radius 2 is 2.11 bits per heavy atom. The van der Waals surface area contributed by atoms with E-state index in [2.05, 4.69) is 6.92 Å². The van der Waals surface area contributed by atoms with E-state index in [1.807, 2.05) is 6.08 Å². The van der Waals surface area contributed by atoms with Gasteiger partial charge in [-0.05, 0) is 25.1 Å². The molecule has 0 radical (unpaired) electrons. The molecule has 0 bridgehead atoms. The summed E-state index contributed by atoms with van der Waals surface area (Å²) < 4.78 is 27.0. The molecule has 5 nitrogen and oxygen atoms in total. The molecule has 0 amide bonds. The molecule has 1 aliphatic carbocycles. The van der Waals surface area contributed by atoms with Crippen molar-refractivity contribution in [1.82, 2.24) is 4.57 Å². The summed E-state index contributed by atoms with van der Waals surface area (Å²) in [6, 6.07) is 2.56. The molecule has 0 saturated heterocycles. The third-order valence-corrected chi connectivity index (χ3v) is 6.20. The molecule has 2 unspecified atom stereocenters. The summed E-state index contributed by atoms with van der Waals surface area (Å²) in [6.07, 6.45) is 6.60.